The van der Waals surface area contributed by atoms with Crippen molar-refractivity contribution in [1.29, 1.82) is 0 Å². The number of hydrogen-bond acceptors (Lipinski definition) is 1. The summed E-state index contributed by atoms with van der Waals surface area (Å²) in [4.78, 5) is 0. The van der Waals surface area contributed by atoms with Crippen LogP contribution in [0.4, 0.5) is 0 Å². The molecule has 1 heteroatoms. The molecule has 0 radical (unpaired) electrons. The Hall–Kier alpha value is -0.460. The largest absolute Gasteiger partial charge is 0.392 e. The Morgan fingerprint density at radius 3 is 2.46 bits per heavy atom. The zero-order chi connectivity index (χ0) is 9.15. The van der Waals surface area contributed by atoms with Gasteiger partial charge in [-0.2, -0.15) is 0 Å². The van der Waals surface area contributed by atoms with E-state index in [2.05, 4.69) is 11.4 Å². The SMILES string of the molecule is CNC1=CCC2(CCCCC2)CC1. The number of allylic oxidation sites excluding steroid dienone is 2. The Balaban J connectivity index is 1.98. The van der Waals surface area contributed by atoms with E-state index in [-0.39, 0.29) is 0 Å². The lowest BCUT2D eigenvalue weighted by molar-refractivity contribution is 0.166. The molecular weight excluding hydrogens is 158 g/mol. The van der Waals surface area contributed by atoms with Crippen LogP contribution in [0.25, 0.3) is 0 Å². The van der Waals surface area contributed by atoms with E-state index in [0.29, 0.717) is 0 Å². The predicted octanol–water partition coefficient (Wildman–Crippen LogP) is 3.22. The van der Waals surface area contributed by atoms with Gasteiger partial charge in [-0.15, -0.1) is 0 Å². The van der Waals surface area contributed by atoms with Crippen molar-refractivity contribution in [2.45, 2.75) is 51.4 Å². The first-order valence-electron chi connectivity index (χ1n) is 5.71. The molecule has 1 N–H and O–H groups in total. The second-order valence-corrected chi connectivity index (χ2v) is 4.74. The minimum atomic E-state index is 0.721. The summed E-state index contributed by atoms with van der Waals surface area (Å²) in [5.41, 5.74) is 2.19. The maximum absolute atomic E-state index is 3.29. The fourth-order valence-electron chi connectivity index (χ4n) is 2.93. The van der Waals surface area contributed by atoms with Crippen LogP contribution in [0.15, 0.2) is 11.8 Å². The summed E-state index contributed by atoms with van der Waals surface area (Å²) in [5.74, 6) is 0. The summed E-state index contributed by atoms with van der Waals surface area (Å²) in [7, 11) is 2.05. The average Bonchev–Trinajstić information content (AvgIpc) is 2.20. The van der Waals surface area contributed by atoms with Crippen molar-refractivity contribution < 1.29 is 0 Å². The van der Waals surface area contributed by atoms with Crippen molar-refractivity contribution >= 4 is 0 Å². The third-order valence-corrected chi connectivity index (χ3v) is 3.94. The van der Waals surface area contributed by atoms with E-state index in [4.69, 9.17) is 0 Å². The van der Waals surface area contributed by atoms with E-state index in [0.717, 1.165) is 5.41 Å². The van der Waals surface area contributed by atoms with Crippen LogP contribution in [-0.2, 0) is 0 Å². The van der Waals surface area contributed by atoms with Gasteiger partial charge in [-0.05, 0) is 37.5 Å². The highest BCUT2D eigenvalue weighted by Crippen LogP contribution is 2.46. The minimum absolute atomic E-state index is 0.721. The molecule has 0 amide bonds. The molecule has 0 aromatic heterocycles. The highest BCUT2D eigenvalue weighted by molar-refractivity contribution is 5.08. The number of nitrogens with one attached hydrogen (secondary N) is 1. The van der Waals surface area contributed by atoms with Crippen LogP contribution in [0, 0.1) is 5.41 Å². The van der Waals surface area contributed by atoms with Crippen LogP contribution < -0.4 is 5.32 Å². The molecule has 0 saturated heterocycles. The van der Waals surface area contributed by atoms with Crippen LogP contribution in [-0.4, -0.2) is 7.05 Å². The average molecular weight is 179 g/mol. The van der Waals surface area contributed by atoms with E-state index in [9.17, 15) is 0 Å². The highest BCUT2D eigenvalue weighted by Gasteiger charge is 2.32. The quantitative estimate of drug-likeness (QED) is 0.651. The summed E-state index contributed by atoms with van der Waals surface area (Å²) in [6.07, 6.45) is 13.9. The molecule has 0 aromatic carbocycles. The maximum atomic E-state index is 3.29. The van der Waals surface area contributed by atoms with Gasteiger partial charge in [0.05, 0.1) is 0 Å². The van der Waals surface area contributed by atoms with Crippen molar-refractivity contribution in [2.75, 3.05) is 7.05 Å². The van der Waals surface area contributed by atoms with Gasteiger partial charge in [0.15, 0.2) is 0 Å². The summed E-state index contributed by atoms with van der Waals surface area (Å²) >= 11 is 0. The lowest BCUT2D eigenvalue weighted by atomic mass is 9.67. The van der Waals surface area contributed by atoms with Gasteiger partial charge < -0.3 is 5.32 Å². The predicted molar refractivity (Wildman–Crippen MR) is 56.5 cm³/mol. The molecule has 0 aliphatic heterocycles. The summed E-state index contributed by atoms with van der Waals surface area (Å²) in [5, 5.41) is 3.29. The van der Waals surface area contributed by atoms with Crippen molar-refractivity contribution in [3.63, 3.8) is 0 Å². The molecule has 0 aromatic rings. The van der Waals surface area contributed by atoms with E-state index in [1.54, 1.807) is 0 Å². The van der Waals surface area contributed by atoms with E-state index in [1.807, 2.05) is 7.05 Å². The van der Waals surface area contributed by atoms with Crippen molar-refractivity contribution in [2.24, 2.45) is 5.41 Å². The van der Waals surface area contributed by atoms with E-state index in [1.165, 1.54) is 57.1 Å². The van der Waals surface area contributed by atoms with Gasteiger partial charge in [0.25, 0.3) is 0 Å². The molecule has 0 heterocycles. The van der Waals surface area contributed by atoms with Crippen molar-refractivity contribution in [1.82, 2.24) is 5.32 Å². The molecule has 1 spiro atoms. The van der Waals surface area contributed by atoms with Crippen LogP contribution >= 0.6 is 0 Å². The Bertz CT molecular complexity index is 199. The first kappa shape index (κ1) is 9.11. The second kappa shape index (κ2) is 3.73. The first-order chi connectivity index (χ1) is 6.35. The van der Waals surface area contributed by atoms with E-state index < -0.39 is 0 Å². The van der Waals surface area contributed by atoms with Crippen molar-refractivity contribution in [3.8, 4) is 0 Å². The summed E-state index contributed by atoms with van der Waals surface area (Å²) in [6.45, 7) is 0. The van der Waals surface area contributed by atoms with Crippen LogP contribution in [0.3, 0.4) is 0 Å². The molecule has 1 nitrogen and oxygen atoms in total. The fraction of sp³-hybridized carbons (Fsp3) is 0.833. The Labute approximate surface area is 81.6 Å². The van der Waals surface area contributed by atoms with Gasteiger partial charge in [-0.3, -0.25) is 0 Å². The normalized spacial score (nSPS) is 27.0. The van der Waals surface area contributed by atoms with Gasteiger partial charge in [-0.1, -0.05) is 25.3 Å². The fourth-order valence-corrected chi connectivity index (χ4v) is 2.93. The maximum Gasteiger partial charge on any atom is 0.00639 e. The molecule has 1 saturated carbocycles. The zero-order valence-electron chi connectivity index (χ0n) is 8.73. The third kappa shape index (κ3) is 1.90. The summed E-state index contributed by atoms with van der Waals surface area (Å²) < 4.78 is 0. The Kier molecular flexibility index (Phi) is 2.61. The van der Waals surface area contributed by atoms with Crippen LogP contribution in [0.5, 0.6) is 0 Å². The van der Waals surface area contributed by atoms with Crippen molar-refractivity contribution in [3.05, 3.63) is 11.8 Å². The van der Waals surface area contributed by atoms with Gasteiger partial charge >= 0.3 is 0 Å². The molecule has 2 rings (SSSR count). The monoisotopic (exact) mass is 179 g/mol. The molecule has 0 atom stereocenters. The second-order valence-electron chi connectivity index (χ2n) is 4.74. The number of rotatable bonds is 1. The molecule has 2 aliphatic carbocycles. The molecule has 74 valence electrons. The first-order valence-corrected chi connectivity index (χ1v) is 5.71. The topological polar surface area (TPSA) is 12.0 Å². The Morgan fingerprint density at radius 2 is 1.92 bits per heavy atom. The Morgan fingerprint density at radius 1 is 1.15 bits per heavy atom. The van der Waals surface area contributed by atoms with Gasteiger partial charge in [0, 0.05) is 12.7 Å². The summed E-state index contributed by atoms with van der Waals surface area (Å²) in [6, 6.07) is 0. The smallest absolute Gasteiger partial charge is 0.00639 e. The molecule has 0 unspecified atom stereocenters. The third-order valence-electron chi connectivity index (χ3n) is 3.94. The highest BCUT2D eigenvalue weighted by atomic mass is 14.8. The van der Waals surface area contributed by atoms with Crippen LogP contribution in [0.2, 0.25) is 0 Å². The standard InChI is InChI=1S/C12H21N/c1-13-11-5-9-12(10-6-11)7-3-2-4-8-12/h5,13H,2-4,6-10H2,1H3. The molecular formula is C12H21N. The molecule has 1 fully saturated rings. The molecule has 2 aliphatic rings. The van der Waals surface area contributed by atoms with E-state index >= 15 is 0 Å². The van der Waals surface area contributed by atoms with Gasteiger partial charge in [-0.25, -0.2) is 0 Å². The van der Waals surface area contributed by atoms with Crippen LogP contribution in [0.1, 0.15) is 51.4 Å². The molecule has 0 bridgehead atoms. The number of hydrogen-bond donors (Lipinski definition) is 1. The van der Waals surface area contributed by atoms with Gasteiger partial charge in [0.2, 0.25) is 0 Å². The van der Waals surface area contributed by atoms with Gasteiger partial charge in [0.1, 0.15) is 0 Å². The zero-order valence-corrected chi connectivity index (χ0v) is 8.73. The minimum Gasteiger partial charge on any atom is -0.392 e. The lowest BCUT2D eigenvalue weighted by Crippen LogP contribution is -2.27. The lowest BCUT2D eigenvalue weighted by Gasteiger charge is -2.39. The molecule has 13 heavy (non-hydrogen) atoms.